The molecule has 2 aromatic rings. The molecule has 0 aliphatic heterocycles. The maximum Gasteiger partial charge on any atom is 0.0595 e. The number of nitrogens with one attached hydrogen (secondary N) is 1. The minimum absolute atomic E-state index is 0.209. The molecule has 0 saturated carbocycles. The number of rotatable bonds is 4. The van der Waals surface area contributed by atoms with Gasteiger partial charge in [0.25, 0.3) is 0 Å². The van der Waals surface area contributed by atoms with Gasteiger partial charge >= 0.3 is 0 Å². The van der Waals surface area contributed by atoms with Crippen molar-refractivity contribution in [3.63, 3.8) is 0 Å². The van der Waals surface area contributed by atoms with Gasteiger partial charge in [-0.15, -0.1) is 0 Å². The van der Waals surface area contributed by atoms with Gasteiger partial charge < -0.3 is 5.32 Å². The highest BCUT2D eigenvalue weighted by atomic mass is 35.5. The van der Waals surface area contributed by atoms with Crippen LogP contribution in [-0.2, 0) is 0 Å². The summed E-state index contributed by atoms with van der Waals surface area (Å²) < 4.78 is 0. The van der Waals surface area contributed by atoms with Gasteiger partial charge in [-0.05, 0) is 44.0 Å². The average Bonchev–Trinajstić information content (AvgIpc) is 2.42. The normalized spacial score (nSPS) is 14.1. The summed E-state index contributed by atoms with van der Waals surface area (Å²) in [7, 11) is 0. The predicted octanol–water partition coefficient (Wildman–Crippen LogP) is 5.71. The summed E-state index contributed by atoms with van der Waals surface area (Å²) in [4.78, 5) is 0. The van der Waals surface area contributed by atoms with E-state index in [0.29, 0.717) is 10.0 Å². The molecule has 0 bridgehead atoms. The molecule has 0 saturated heterocycles. The second-order valence-electron chi connectivity index (χ2n) is 5.19. The van der Waals surface area contributed by atoms with Gasteiger partial charge in [0.05, 0.1) is 10.0 Å². The van der Waals surface area contributed by atoms with Crippen LogP contribution in [0.15, 0.2) is 42.5 Å². The van der Waals surface area contributed by atoms with Crippen molar-refractivity contribution in [2.75, 3.05) is 0 Å². The van der Waals surface area contributed by atoms with Crippen LogP contribution in [0, 0.1) is 6.92 Å². The van der Waals surface area contributed by atoms with Gasteiger partial charge in [-0.3, -0.25) is 0 Å². The number of halogens is 2. The summed E-state index contributed by atoms with van der Waals surface area (Å²) in [5, 5.41) is 4.77. The van der Waals surface area contributed by atoms with Gasteiger partial charge in [0.2, 0.25) is 0 Å². The lowest BCUT2D eigenvalue weighted by Gasteiger charge is -2.21. The van der Waals surface area contributed by atoms with Crippen LogP contribution in [0.1, 0.15) is 42.6 Å². The number of aryl methyl sites for hydroxylation is 1. The summed E-state index contributed by atoms with van der Waals surface area (Å²) in [6.45, 7) is 6.39. The Labute approximate surface area is 130 Å². The second-order valence-corrected chi connectivity index (χ2v) is 6.01. The first kappa shape index (κ1) is 15.4. The fraction of sp³-hybridized carbons (Fsp3) is 0.294. The van der Waals surface area contributed by atoms with Crippen LogP contribution >= 0.6 is 23.2 Å². The van der Waals surface area contributed by atoms with Crippen LogP contribution in [0.25, 0.3) is 0 Å². The zero-order chi connectivity index (χ0) is 14.7. The molecule has 2 aromatic carbocycles. The summed E-state index contributed by atoms with van der Waals surface area (Å²) in [5.41, 5.74) is 3.69. The van der Waals surface area contributed by atoms with Crippen LogP contribution in [0.3, 0.4) is 0 Å². The van der Waals surface area contributed by atoms with Crippen LogP contribution in [0.5, 0.6) is 0 Å². The van der Waals surface area contributed by atoms with E-state index in [4.69, 9.17) is 23.2 Å². The zero-order valence-corrected chi connectivity index (χ0v) is 13.5. The third-order valence-electron chi connectivity index (χ3n) is 3.52. The van der Waals surface area contributed by atoms with E-state index in [9.17, 15) is 0 Å². The quantitative estimate of drug-likeness (QED) is 0.762. The zero-order valence-electron chi connectivity index (χ0n) is 12.0. The van der Waals surface area contributed by atoms with Gasteiger partial charge in [-0.1, -0.05) is 59.1 Å². The van der Waals surface area contributed by atoms with Crippen LogP contribution < -0.4 is 5.32 Å². The lowest BCUT2D eigenvalue weighted by molar-refractivity contribution is 0.494. The molecule has 1 N–H and O–H groups in total. The summed E-state index contributed by atoms with van der Waals surface area (Å²) in [6, 6.07) is 14.9. The summed E-state index contributed by atoms with van der Waals surface area (Å²) >= 11 is 12.0. The molecule has 0 aromatic heterocycles. The van der Waals surface area contributed by atoms with Crippen molar-refractivity contribution < 1.29 is 0 Å². The Morgan fingerprint density at radius 3 is 1.95 bits per heavy atom. The molecule has 1 nitrogen and oxygen atoms in total. The van der Waals surface area contributed by atoms with E-state index in [1.165, 1.54) is 11.1 Å². The molecule has 0 amide bonds. The first-order valence-electron chi connectivity index (χ1n) is 6.75. The Hall–Kier alpha value is -1.02. The van der Waals surface area contributed by atoms with Gasteiger partial charge in [0.15, 0.2) is 0 Å². The van der Waals surface area contributed by atoms with Gasteiger partial charge in [0, 0.05) is 12.1 Å². The lowest BCUT2D eigenvalue weighted by atomic mass is 10.0. The molecule has 3 heteroatoms. The molecule has 0 radical (unpaired) electrons. The minimum Gasteiger partial charge on any atom is -0.304 e. The molecule has 2 unspecified atom stereocenters. The highest BCUT2D eigenvalue weighted by molar-refractivity contribution is 6.42. The summed E-state index contributed by atoms with van der Waals surface area (Å²) in [6.07, 6.45) is 0. The first-order valence-corrected chi connectivity index (χ1v) is 7.50. The second kappa shape index (κ2) is 6.62. The fourth-order valence-corrected chi connectivity index (χ4v) is 2.51. The molecule has 0 spiro atoms. The van der Waals surface area contributed by atoms with Crippen molar-refractivity contribution in [1.29, 1.82) is 0 Å². The third kappa shape index (κ3) is 3.76. The van der Waals surface area contributed by atoms with Crippen molar-refractivity contribution in [1.82, 2.24) is 5.32 Å². The van der Waals surface area contributed by atoms with E-state index in [1.807, 2.05) is 18.2 Å². The van der Waals surface area contributed by atoms with E-state index >= 15 is 0 Å². The molecule has 0 aliphatic carbocycles. The molecule has 2 rings (SSSR count). The maximum absolute atomic E-state index is 6.07. The van der Waals surface area contributed by atoms with Gasteiger partial charge in [0.1, 0.15) is 0 Å². The predicted molar refractivity (Wildman–Crippen MR) is 87.6 cm³/mol. The average molecular weight is 308 g/mol. The number of hydrogen-bond acceptors (Lipinski definition) is 1. The van der Waals surface area contributed by atoms with Crippen molar-refractivity contribution in [2.24, 2.45) is 0 Å². The van der Waals surface area contributed by atoms with E-state index in [-0.39, 0.29) is 12.1 Å². The lowest BCUT2D eigenvalue weighted by Crippen LogP contribution is -2.22. The Bertz CT molecular complexity index is 578. The van der Waals surface area contributed by atoms with E-state index < -0.39 is 0 Å². The van der Waals surface area contributed by atoms with Crippen LogP contribution in [0.4, 0.5) is 0 Å². The third-order valence-corrected chi connectivity index (χ3v) is 4.26. The Kier molecular flexibility index (Phi) is 5.09. The minimum atomic E-state index is 0.209. The van der Waals surface area contributed by atoms with Crippen molar-refractivity contribution in [2.45, 2.75) is 32.9 Å². The van der Waals surface area contributed by atoms with Crippen LogP contribution in [-0.4, -0.2) is 0 Å². The molecule has 0 heterocycles. The summed E-state index contributed by atoms with van der Waals surface area (Å²) in [5.74, 6) is 0. The molecule has 0 aliphatic rings. The highest BCUT2D eigenvalue weighted by Crippen LogP contribution is 2.27. The van der Waals surface area contributed by atoms with Gasteiger partial charge in [-0.25, -0.2) is 0 Å². The molecule has 20 heavy (non-hydrogen) atoms. The Morgan fingerprint density at radius 1 is 0.800 bits per heavy atom. The van der Waals surface area contributed by atoms with Crippen molar-refractivity contribution >= 4 is 23.2 Å². The molecule has 2 atom stereocenters. The monoisotopic (exact) mass is 307 g/mol. The van der Waals surface area contributed by atoms with Gasteiger partial charge in [-0.2, -0.15) is 0 Å². The van der Waals surface area contributed by atoms with E-state index in [2.05, 4.69) is 50.4 Å². The van der Waals surface area contributed by atoms with Crippen molar-refractivity contribution in [3.8, 4) is 0 Å². The van der Waals surface area contributed by atoms with Crippen molar-refractivity contribution in [3.05, 3.63) is 69.2 Å². The largest absolute Gasteiger partial charge is 0.304 e. The van der Waals surface area contributed by atoms with E-state index in [1.54, 1.807) is 0 Å². The Morgan fingerprint density at radius 2 is 1.35 bits per heavy atom. The molecule has 0 fully saturated rings. The number of hydrogen-bond donors (Lipinski definition) is 1. The first-order chi connectivity index (χ1) is 9.47. The number of benzene rings is 2. The molecular formula is C17H19Cl2N. The maximum atomic E-state index is 6.07. The molecular weight excluding hydrogens is 289 g/mol. The molecule has 106 valence electrons. The Balaban J connectivity index is 2.08. The van der Waals surface area contributed by atoms with Crippen LogP contribution in [0.2, 0.25) is 10.0 Å². The highest BCUT2D eigenvalue weighted by Gasteiger charge is 2.12. The fourth-order valence-electron chi connectivity index (χ4n) is 2.20. The van der Waals surface area contributed by atoms with E-state index in [0.717, 1.165) is 5.56 Å². The standard InChI is InChI=1S/C17H19Cl2N/c1-11-4-6-14(7-5-11)12(2)20-13(3)15-8-9-16(18)17(19)10-15/h4-10,12-13,20H,1-3H3. The topological polar surface area (TPSA) is 12.0 Å². The smallest absolute Gasteiger partial charge is 0.0595 e. The SMILES string of the molecule is Cc1ccc(C(C)NC(C)c2ccc(Cl)c(Cl)c2)cc1.